The van der Waals surface area contributed by atoms with Crippen LogP contribution in [0.5, 0.6) is 0 Å². The fourth-order valence-electron chi connectivity index (χ4n) is 3.03. The van der Waals surface area contributed by atoms with E-state index in [0.717, 1.165) is 37.8 Å². The van der Waals surface area contributed by atoms with E-state index in [-0.39, 0.29) is 17.2 Å². The van der Waals surface area contributed by atoms with Gasteiger partial charge in [-0.3, -0.25) is 4.99 Å². The average Bonchev–Trinajstić information content (AvgIpc) is 3.06. The lowest BCUT2D eigenvalue weighted by Gasteiger charge is -2.24. The molecule has 0 radical (unpaired) electrons. The van der Waals surface area contributed by atoms with Crippen LogP contribution < -0.4 is 15.5 Å². The molecule has 9 heteroatoms. The van der Waals surface area contributed by atoms with E-state index in [1.54, 1.807) is 6.20 Å². The first-order valence-electron chi connectivity index (χ1n) is 9.68. The summed E-state index contributed by atoms with van der Waals surface area (Å²) in [5, 5.41) is 7.43. The Kier molecular flexibility index (Phi) is 7.95. The predicted octanol–water partition coefficient (Wildman–Crippen LogP) is 2.33. The van der Waals surface area contributed by atoms with Gasteiger partial charge in [0.2, 0.25) is 0 Å². The number of hydrogen-bond donors (Lipinski definition) is 2. The molecule has 28 heavy (non-hydrogen) atoms. The van der Waals surface area contributed by atoms with Gasteiger partial charge >= 0.3 is 0 Å². The number of guanidine groups is 1. The molecule has 1 aliphatic rings. The van der Waals surface area contributed by atoms with Crippen molar-refractivity contribution < 1.29 is 8.42 Å². The van der Waals surface area contributed by atoms with Crippen molar-refractivity contribution in [2.75, 3.05) is 43.1 Å². The van der Waals surface area contributed by atoms with Crippen LogP contribution in [-0.4, -0.2) is 63.6 Å². The summed E-state index contributed by atoms with van der Waals surface area (Å²) in [5.74, 6) is 1.76. The first kappa shape index (κ1) is 22.7. The zero-order valence-electron chi connectivity index (χ0n) is 17.2. The van der Waals surface area contributed by atoms with Gasteiger partial charge < -0.3 is 15.5 Å². The topological polar surface area (TPSA) is 86.7 Å². The molecule has 1 fully saturated rings. The minimum absolute atomic E-state index is 0.182. The van der Waals surface area contributed by atoms with E-state index in [9.17, 15) is 8.42 Å². The summed E-state index contributed by atoms with van der Waals surface area (Å²) in [6, 6.07) is 3.93. The van der Waals surface area contributed by atoms with E-state index < -0.39 is 9.84 Å². The molecule has 158 valence electrons. The number of halogens is 1. The van der Waals surface area contributed by atoms with Gasteiger partial charge in [-0.1, -0.05) is 25.4 Å². The molecular formula is C19H32ClN5O2S. The Morgan fingerprint density at radius 1 is 1.46 bits per heavy atom. The van der Waals surface area contributed by atoms with E-state index >= 15 is 0 Å². The largest absolute Gasteiger partial charge is 0.357 e. The lowest BCUT2D eigenvalue weighted by atomic mass is 9.90. The second-order valence-electron chi connectivity index (χ2n) is 8.12. The van der Waals surface area contributed by atoms with Crippen LogP contribution in [0.15, 0.2) is 23.3 Å². The number of aliphatic imine (C=N–C) groups is 1. The molecule has 7 nitrogen and oxygen atoms in total. The summed E-state index contributed by atoms with van der Waals surface area (Å²) in [5.41, 5.74) is -0.186. The molecule has 1 aliphatic heterocycles. The molecule has 1 aromatic rings. The highest BCUT2D eigenvalue weighted by molar-refractivity contribution is 7.90. The summed E-state index contributed by atoms with van der Waals surface area (Å²) in [6.07, 6.45) is 4.59. The third-order valence-electron chi connectivity index (χ3n) is 4.73. The highest BCUT2D eigenvalue weighted by atomic mass is 35.5. The molecular weight excluding hydrogens is 398 g/mol. The Hall–Kier alpha value is -1.54. The Morgan fingerprint density at radius 2 is 2.21 bits per heavy atom. The number of nitrogens with zero attached hydrogens (tertiary/aromatic N) is 3. The summed E-state index contributed by atoms with van der Waals surface area (Å²) >= 11 is 6.27. The quantitative estimate of drug-likeness (QED) is 0.487. The van der Waals surface area contributed by atoms with Crippen LogP contribution in [0.1, 0.15) is 33.6 Å². The maximum Gasteiger partial charge on any atom is 0.191 e. The van der Waals surface area contributed by atoms with E-state index in [1.807, 2.05) is 32.9 Å². The number of hydrogen-bond acceptors (Lipinski definition) is 5. The zero-order chi connectivity index (χ0) is 20.8. The van der Waals surface area contributed by atoms with Gasteiger partial charge in [0.05, 0.1) is 10.8 Å². The fourth-order valence-corrected chi connectivity index (χ4v) is 4.19. The molecule has 2 rings (SSSR count). The molecule has 0 aromatic carbocycles. The van der Waals surface area contributed by atoms with Gasteiger partial charge in [-0.25, -0.2) is 13.4 Å². The predicted molar refractivity (Wildman–Crippen MR) is 117 cm³/mol. The molecule has 1 unspecified atom stereocenters. The average molecular weight is 430 g/mol. The molecule has 2 heterocycles. The molecule has 0 amide bonds. The monoisotopic (exact) mass is 429 g/mol. The van der Waals surface area contributed by atoms with Gasteiger partial charge in [0.25, 0.3) is 0 Å². The first-order chi connectivity index (χ1) is 13.1. The van der Waals surface area contributed by atoms with Crippen molar-refractivity contribution in [2.24, 2.45) is 10.4 Å². The molecule has 0 saturated carbocycles. The van der Waals surface area contributed by atoms with Crippen LogP contribution in [0, 0.1) is 5.41 Å². The molecule has 0 spiro atoms. The summed E-state index contributed by atoms with van der Waals surface area (Å²) in [7, 11) is -2.96. The van der Waals surface area contributed by atoms with Crippen molar-refractivity contribution in [3.8, 4) is 0 Å². The van der Waals surface area contributed by atoms with Gasteiger partial charge in [-0.15, -0.1) is 0 Å². The van der Waals surface area contributed by atoms with Crippen LogP contribution in [0.2, 0.25) is 5.02 Å². The third kappa shape index (κ3) is 7.47. The van der Waals surface area contributed by atoms with Gasteiger partial charge in [0.15, 0.2) is 5.96 Å². The van der Waals surface area contributed by atoms with E-state index in [0.29, 0.717) is 18.0 Å². The van der Waals surface area contributed by atoms with Crippen LogP contribution >= 0.6 is 11.6 Å². The second kappa shape index (κ2) is 9.78. The number of aromatic nitrogens is 1. The Bertz CT molecular complexity index is 782. The smallest absolute Gasteiger partial charge is 0.191 e. The highest BCUT2D eigenvalue weighted by Gasteiger charge is 2.26. The number of anilines is 1. The minimum atomic E-state index is -2.96. The molecule has 1 saturated heterocycles. The van der Waals surface area contributed by atoms with Crippen LogP contribution in [0.25, 0.3) is 0 Å². The second-order valence-corrected chi connectivity index (χ2v) is 10.8. The Balaban J connectivity index is 1.95. The number of nitrogens with one attached hydrogen (secondary N) is 2. The molecule has 0 aliphatic carbocycles. The normalized spacial score (nSPS) is 18.4. The van der Waals surface area contributed by atoms with E-state index in [2.05, 4.69) is 20.5 Å². The van der Waals surface area contributed by atoms with Gasteiger partial charge in [-0.05, 0) is 37.3 Å². The first-order valence-corrected chi connectivity index (χ1v) is 12.1. The van der Waals surface area contributed by atoms with Crippen molar-refractivity contribution in [1.82, 2.24) is 15.6 Å². The summed E-state index contributed by atoms with van der Waals surface area (Å²) in [4.78, 5) is 11.3. The fraction of sp³-hybridized carbons (Fsp3) is 0.684. The van der Waals surface area contributed by atoms with Crippen molar-refractivity contribution in [1.29, 1.82) is 0 Å². The van der Waals surface area contributed by atoms with Crippen molar-refractivity contribution in [3.05, 3.63) is 23.4 Å². The van der Waals surface area contributed by atoms with Crippen LogP contribution in [0.3, 0.4) is 0 Å². The third-order valence-corrected chi connectivity index (χ3v) is 5.97. The highest BCUT2D eigenvalue weighted by Crippen LogP contribution is 2.26. The molecule has 2 N–H and O–H groups in total. The number of sulfone groups is 1. The standard InChI is InChI=1S/C19H32ClN5O2S/c1-5-21-18(23-14-19(2,3)9-12-28(4,26)27)24-15-8-11-25(13-15)17-16(20)7-6-10-22-17/h6-7,10,15H,5,8-9,11-14H2,1-4H3,(H2,21,23,24). The Labute approximate surface area is 173 Å². The van der Waals surface area contributed by atoms with Crippen LogP contribution in [0.4, 0.5) is 5.82 Å². The summed E-state index contributed by atoms with van der Waals surface area (Å²) < 4.78 is 22.9. The molecule has 0 bridgehead atoms. The maximum atomic E-state index is 11.4. The molecule has 1 atom stereocenters. The van der Waals surface area contributed by atoms with Gasteiger partial charge in [-0.2, -0.15) is 0 Å². The molecule has 1 aromatic heterocycles. The van der Waals surface area contributed by atoms with Gasteiger partial charge in [0, 0.05) is 44.7 Å². The SMILES string of the molecule is CCNC(=NCC(C)(C)CCS(C)(=O)=O)NC1CCN(c2ncccc2Cl)C1. The van der Waals surface area contributed by atoms with E-state index in [4.69, 9.17) is 16.6 Å². The van der Waals surface area contributed by atoms with Crippen molar-refractivity contribution in [2.45, 2.75) is 39.7 Å². The van der Waals surface area contributed by atoms with Crippen LogP contribution in [-0.2, 0) is 9.84 Å². The minimum Gasteiger partial charge on any atom is -0.357 e. The maximum absolute atomic E-state index is 11.4. The van der Waals surface area contributed by atoms with Crippen molar-refractivity contribution >= 4 is 33.2 Å². The lowest BCUT2D eigenvalue weighted by Crippen LogP contribution is -2.45. The number of pyridine rings is 1. The summed E-state index contributed by atoms with van der Waals surface area (Å²) in [6.45, 7) is 9.13. The van der Waals surface area contributed by atoms with E-state index in [1.165, 1.54) is 6.26 Å². The number of rotatable bonds is 8. The Morgan fingerprint density at radius 3 is 2.86 bits per heavy atom. The lowest BCUT2D eigenvalue weighted by molar-refractivity contribution is 0.365. The van der Waals surface area contributed by atoms with Gasteiger partial charge in [0.1, 0.15) is 15.7 Å². The zero-order valence-corrected chi connectivity index (χ0v) is 18.8. The van der Waals surface area contributed by atoms with Crippen molar-refractivity contribution in [3.63, 3.8) is 0 Å².